The summed E-state index contributed by atoms with van der Waals surface area (Å²) in [6.07, 6.45) is 4.36. The summed E-state index contributed by atoms with van der Waals surface area (Å²) in [6, 6.07) is 0.370. The molecule has 2 aromatic rings. The van der Waals surface area contributed by atoms with E-state index in [2.05, 4.69) is 33.8 Å². The molecule has 0 aliphatic heterocycles. The van der Waals surface area contributed by atoms with Gasteiger partial charge in [0.1, 0.15) is 12.1 Å². The zero-order chi connectivity index (χ0) is 13.1. The van der Waals surface area contributed by atoms with Crippen LogP contribution in [0.4, 0.5) is 5.82 Å². The van der Waals surface area contributed by atoms with Gasteiger partial charge in [0.15, 0.2) is 5.65 Å². The summed E-state index contributed by atoms with van der Waals surface area (Å²) < 4.78 is 1.77. The molecule has 0 aliphatic carbocycles. The minimum atomic E-state index is 0.370. The largest absolute Gasteiger partial charge is 0.353 e. The molecule has 2 rings (SSSR count). The molecule has 0 saturated heterocycles. The van der Waals surface area contributed by atoms with E-state index in [0.717, 1.165) is 29.8 Å². The van der Waals surface area contributed by atoms with Crippen LogP contribution in [0, 0.1) is 0 Å². The Kier molecular flexibility index (Phi) is 3.76. The molecule has 0 aliphatic rings. The quantitative estimate of drug-likeness (QED) is 0.852. The van der Waals surface area contributed by atoms with Crippen molar-refractivity contribution in [1.82, 2.24) is 19.7 Å². The van der Waals surface area contributed by atoms with Crippen LogP contribution in [0.2, 0.25) is 0 Å². The summed E-state index contributed by atoms with van der Waals surface area (Å²) in [5.41, 5.74) is 6.46. The molecule has 0 spiro atoms. The molecule has 0 aromatic carbocycles. The highest BCUT2D eigenvalue weighted by atomic mass is 15.3. The summed E-state index contributed by atoms with van der Waals surface area (Å²) in [5, 5.41) is 5.23. The molecule has 0 amide bonds. The minimum absolute atomic E-state index is 0.370. The Morgan fingerprint density at radius 1 is 1.39 bits per heavy atom. The first-order chi connectivity index (χ1) is 8.65. The molecule has 6 heteroatoms. The van der Waals surface area contributed by atoms with Gasteiger partial charge in [0.25, 0.3) is 0 Å². The maximum atomic E-state index is 5.60. The van der Waals surface area contributed by atoms with Crippen LogP contribution in [-0.4, -0.2) is 38.9 Å². The maximum absolute atomic E-state index is 5.60. The third kappa shape index (κ3) is 2.28. The third-order valence-corrected chi connectivity index (χ3v) is 3.01. The van der Waals surface area contributed by atoms with E-state index in [4.69, 9.17) is 5.73 Å². The Balaban J connectivity index is 2.43. The van der Waals surface area contributed by atoms with Crippen LogP contribution in [0.5, 0.6) is 0 Å². The first-order valence-electron chi connectivity index (χ1n) is 6.24. The average Bonchev–Trinajstić information content (AvgIpc) is 2.72. The third-order valence-electron chi connectivity index (χ3n) is 3.01. The highest BCUT2D eigenvalue weighted by Crippen LogP contribution is 2.23. The van der Waals surface area contributed by atoms with Crippen LogP contribution in [-0.2, 0) is 7.05 Å². The normalized spacial score (nSPS) is 11.4. The second-order valence-corrected chi connectivity index (χ2v) is 4.63. The number of fused-ring (bicyclic) bond motifs is 1. The minimum Gasteiger partial charge on any atom is -0.353 e. The van der Waals surface area contributed by atoms with Crippen molar-refractivity contribution in [3.05, 3.63) is 12.5 Å². The number of nitrogens with zero attached hydrogens (tertiary/aromatic N) is 5. The molecule has 98 valence electrons. The lowest BCUT2D eigenvalue weighted by Crippen LogP contribution is -2.33. The lowest BCUT2D eigenvalue weighted by atomic mass is 10.2. The first-order valence-corrected chi connectivity index (χ1v) is 6.24. The summed E-state index contributed by atoms with van der Waals surface area (Å²) >= 11 is 0. The molecule has 0 unspecified atom stereocenters. The van der Waals surface area contributed by atoms with Crippen molar-refractivity contribution in [3.63, 3.8) is 0 Å². The van der Waals surface area contributed by atoms with E-state index in [1.807, 2.05) is 13.2 Å². The smallest absolute Gasteiger partial charge is 0.163 e. The predicted octanol–water partition coefficient (Wildman–Crippen LogP) is 0.927. The Hall–Kier alpha value is -1.69. The van der Waals surface area contributed by atoms with E-state index in [-0.39, 0.29) is 0 Å². The predicted molar refractivity (Wildman–Crippen MR) is 72.5 cm³/mol. The van der Waals surface area contributed by atoms with E-state index in [0.29, 0.717) is 12.6 Å². The van der Waals surface area contributed by atoms with Crippen LogP contribution in [0.1, 0.15) is 20.3 Å². The molecule has 0 bridgehead atoms. The molecule has 2 aromatic heterocycles. The molecule has 2 heterocycles. The lowest BCUT2D eigenvalue weighted by Gasteiger charge is -2.28. The van der Waals surface area contributed by atoms with Gasteiger partial charge in [-0.15, -0.1) is 0 Å². The topological polar surface area (TPSA) is 72.9 Å². The lowest BCUT2D eigenvalue weighted by molar-refractivity contribution is 0.650. The van der Waals surface area contributed by atoms with Crippen molar-refractivity contribution in [1.29, 1.82) is 0 Å². The summed E-state index contributed by atoms with van der Waals surface area (Å²) in [5.74, 6) is 0.941. The molecule has 18 heavy (non-hydrogen) atoms. The van der Waals surface area contributed by atoms with Gasteiger partial charge in [-0.1, -0.05) is 0 Å². The Bertz CT molecular complexity index is 518. The van der Waals surface area contributed by atoms with Crippen molar-refractivity contribution in [3.8, 4) is 0 Å². The van der Waals surface area contributed by atoms with E-state index in [1.165, 1.54) is 0 Å². The van der Waals surface area contributed by atoms with Gasteiger partial charge in [0.2, 0.25) is 0 Å². The molecular formula is C12H20N6. The van der Waals surface area contributed by atoms with Gasteiger partial charge in [0, 0.05) is 19.6 Å². The second-order valence-electron chi connectivity index (χ2n) is 4.63. The Morgan fingerprint density at radius 3 is 2.83 bits per heavy atom. The SMILES string of the molecule is CC(C)N(CCCN)c1ncnc2c1cnn2C. The number of nitrogens with two attached hydrogens (primary N) is 1. The fourth-order valence-electron chi connectivity index (χ4n) is 2.05. The fourth-order valence-corrected chi connectivity index (χ4v) is 2.05. The average molecular weight is 248 g/mol. The van der Waals surface area contributed by atoms with Crippen LogP contribution in [0.25, 0.3) is 11.0 Å². The molecule has 6 nitrogen and oxygen atoms in total. The summed E-state index contributed by atoms with van der Waals surface area (Å²) in [7, 11) is 1.89. The Morgan fingerprint density at radius 2 is 2.17 bits per heavy atom. The van der Waals surface area contributed by atoms with E-state index in [1.54, 1.807) is 11.0 Å². The van der Waals surface area contributed by atoms with Crippen LogP contribution in [0.3, 0.4) is 0 Å². The molecule has 2 N–H and O–H groups in total. The van der Waals surface area contributed by atoms with Crippen LogP contribution in [0.15, 0.2) is 12.5 Å². The monoisotopic (exact) mass is 248 g/mol. The first kappa shape index (κ1) is 12.8. The number of anilines is 1. The van der Waals surface area contributed by atoms with E-state index >= 15 is 0 Å². The van der Waals surface area contributed by atoms with Gasteiger partial charge >= 0.3 is 0 Å². The zero-order valence-corrected chi connectivity index (χ0v) is 11.2. The molecule has 0 fully saturated rings. The highest BCUT2D eigenvalue weighted by molar-refractivity contribution is 5.86. The van der Waals surface area contributed by atoms with Gasteiger partial charge in [-0.05, 0) is 26.8 Å². The van der Waals surface area contributed by atoms with Gasteiger partial charge in [-0.3, -0.25) is 4.68 Å². The fraction of sp³-hybridized carbons (Fsp3) is 0.583. The summed E-state index contributed by atoms with van der Waals surface area (Å²) in [6.45, 7) is 5.89. The van der Waals surface area contributed by atoms with Crippen molar-refractivity contribution < 1.29 is 0 Å². The second kappa shape index (κ2) is 5.30. The number of rotatable bonds is 5. The van der Waals surface area contributed by atoms with Gasteiger partial charge in [-0.25, -0.2) is 9.97 Å². The molecule has 0 radical (unpaired) electrons. The standard InChI is InChI=1S/C12H20N6/c1-9(2)18(6-4-5-13)12-10-7-16-17(3)11(10)14-8-15-12/h7-9H,4-6,13H2,1-3H3. The number of aromatic nitrogens is 4. The summed E-state index contributed by atoms with van der Waals surface area (Å²) in [4.78, 5) is 10.9. The van der Waals surface area contributed by atoms with Crippen LogP contribution >= 0.6 is 0 Å². The van der Waals surface area contributed by atoms with Crippen molar-refractivity contribution in [2.75, 3.05) is 18.0 Å². The van der Waals surface area contributed by atoms with Crippen molar-refractivity contribution >= 4 is 16.9 Å². The number of hydrogen-bond donors (Lipinski definition) is 1. The van der Waals surface area contributed by atoms with Gasteiger partial charge < -0.3 is 10.6 Å². The zero-order valence-electron chi connectivity index (χ0n) is 11.2. The van der Waals surface area contributed by atoms with Crippen molar-refractivity contribution in [2.24, 2.45) is 12.8 Å². The van der Waals surface area contributed by atoms with E-state index < -0.39 is 0 Å². The van der Waals surface area contributed by atoms with Crippen LogP contribution < -0.4 is 10.6 Å². The van der Waals surface area contributed by atoms with Crippen molar-refractivity contribution in [2.45, 2.75) is 26.3 Å². The van der Waals surface area contributed by atoms with Gasteiger partial charge in [0.05, 0.1) is 11.6 Å². The maximum Gasteiger partial charge on any atom is 0.163 e. The number of aryl methyl sites for hydroxylation is 1. The molecular weight excluding hydrogens is 228 g/mol. The van der Waals surface area contributed by atoms with Gasteiger partial charge in [-0.2, -0.15) is 5.10 Å². The Labute approximate surface area is 107 Å². The molecule has 0 saturated carbocycles. The molecule has 0 atom stereocenters. The highest BCUT2D eigenvalue weighted by Gasteiger charge is 2.16. The number of hydrogen-bond acceptors (Lipinski definition) is 5. The van der Waals surface area contributed by atoms with E-state index in [9.17, 15) is 0 Å².